The highest BCUT2D eigenvalue weighted by Gasteiger charge is 2.12. The van der Waals surface area contributed by atoms with Crippen molar-refractivity contribution in [2.45, 2.75) is 25.9 Å². The number of rotatable bonds is 4. The molecule has 1 atom stereocenters. The van der Waals surface area contributed by atoms with Gasteiger partial charge < -0.3 is 16.0 Å². The Balaban J connectivity index is 2.75. The molecule has 0 spiro atoms. The van der Waals surface area contributed by atoms with E-state index in [0.717, 1.165) is 12.2 Å². The molecule has 1 amide bonds. The number of nitrogens with zero attached hydrogens (tertiary/aromatic N) is 2. The summed E-state index contributed by atoms with van der Waals surface area (Å²) in [5.41, 5.74) is 11.6. The molecule has 0 unspecified atom stereocenters. The standard InChI is InChI=1S/C8H14N4O/c1-2-12-5-11-4-7(12)6(9)3-8(10)13/h4-6H,2-3,9H2,1H3,(H2,10,13)/t6-/m0/s1. The molecule has 0 aromatic carbocycles. The Morgan fingerprint density at radius 3 is 3.00 bits per heavy atom. The fourth-order valence-corrected chi connectivity index (χ4v) is 1.23. The predicted molar refractivity (Wildman–Crippen MR) is 48.6 cm³/mol. The first-order valence-electron chi connectivity index (χ1n) is 4.19. The number of carbonyl (C=O) groups excluding carboxylic acids is 1. The van der Waals surface area contributed by atoms with Crippen molar-refractivity contribution < 1.29 is 4.79 Å². The van der Waals surface area contributed by atoms with Crippen LogP contribution in [0.1, 0.15) is 25.1 Å². The molecule has 1 aromatic heterocycles. The fourth-order valence-electron chi connectivity index (χ4n) is 1.23. The van der Waals surface area contributed by atoms with Crippen molar-refractivity contribution in [1.29, 1.82) is 0 Å². The molecule has 72 valence electrons. The summed E-state index contributed by atoms with van der Waals surface area (Å²) in [6, 6.07) is -0.347. The zero-order chi connectivity index (χ0) is 9.84. The van der Waals surface area contributed by atoms with Crippen LogP contribution in [-0.4, -0.2) is 15.5 Å². The fraction of sp³-hybridized carbons (Fsp3) is 0.500. The Labute approximate surface area is 76.7 Å². The average molecular weight is 182 g/mol. The third kappa shape index (κ3) is 2.29. The number of nitrogens with two attached hydrogens (primary N) is 2. The Morgan fingerprint density at radius 1 is 1.77 bits per heavy atom. The quantitative estimate of drug-likeness (QED) is 0.674. The zero-order valence-electron chi connectivity index (χ0n) is 7.60. The van der Waals surface area contributed by atoms with E-state index in [1.165, 1.54) is 0 Å². The van der Waals surface area contributed by atoms with Gasteiger partial charge in [0, 0.05) is 19.2 Å². The Bertz CT molecular complexity index is 294. The summed E-state index contributed by atoms with van der Waals surface area (Å²) in [5.74, 6) is -0.392. The van der Waals surface area contributed by atoms with Gasteiger partial charge in [-0.25, -0.2) is 4.98 Å². The molecule has 0 aliphatic carbocycles. The number of aryl methyl sites for hydroxylation is 1. The van der Waals surface area contributed by atoms with Crippen molar-refractivity contribution in [2.75, 3.05) is 0 Å². The van der Waals surface area contributed by atoms with Gasteiger partial charge in [0.15, 0.2) is 0 Å². The van der Waals surface area contributed by atoms with Gasteiger partial charge in [0.25, 0.3) is 0 Å². The van der Waals surface area contributed by atoms with E-state index in [-0.39, 0.29) is 12.5 Å². The van der Waals surface area contributed by atoms with Crippen LogP contribution < -0.4 is 11.5 Å². The molecule has 1 rings (SSSR count). The SMILES string of the molecule is CCn1cncc1[C@@H](N)CC(N)=O. The number of amides is 1. The number of imidazole rings is 1. The molecule has 0 saturated heterocycles. The first-order chi connectivity index (χ1) is 6.15. The van der Waals surface area contributed by atoms with Crippen LogP contribution in [0.5, 0.6) is 0 Å². The number of aromatic nitrogens is 2. The number of primary amides is 1. The summed E-state index contributed by atoms with van der Waals surface area (Å²) in [7, 11) is 0. The number of hydrogen-bond acceptors (Lipinski definition) is 3. The van der Waals surface area contributed by atoms with Crippen LogP contribution >= 0.6 is 0 Å². The average Bonchev–Trinajstić information content (AvgIpc) is 2.49. The maximum absolute atomic E-state index is 10.6. The van der Waals surface area contributed by atoms with E-state index >= 15 is 0 Å². The summed E-state index contributed by atoms with van der Waals surface area (Å²) in [6.45, 7) is 2.78. The van der Waals surface area contributed by atoms with Gasteiger partial charge in [0.2, 0.25) is 5.91 Å². The molecule has 5 heteroatoms. The second-order valence-electron chi connectivity index (χ2n) is 2.88. The minimum Gasteiger partial charge on any atom is -0.370 e. The highest BCUT2D eigenvalue weighted by molar-refractivity contribution is 5.74. The monoisotopic (exact) mass is 182 g/mol. The second kappa shape index (κ2) is 4.04. The van der Waals surface area contributed by atoms with Gasteiger partial charge in [0.1, 0.15) is 0 Å². The van der Waals surface area contributed by atoms with Crippen LogP contribution in [0.15, 0.2) is 12.5 Å². The van der Waals surface area contributed by atoms with Gasteiger partial charge >= 0.3 is 0 Å². The summed E-state index contributed by atoms with van der Waals surface area (Å²) in [4.78, 5) is 14.6. The molecule has 5 nitrogen and oxygen atoms in total. The molecule has 0 bridgehead atoms. The van der Waals surface area contributed by atoms with Gasteiger partial charge in [-0.1, -0.05) is 0 Å². The number of carbonyl (C=O) groups is 1. The van der Waals surface area contributed by atoms with E-state index < -0.39 is 5.91 Å². The maximum Gasteiger partial charge on any atom is 0.219 e. The van der Waals surface area contributed by atoms with Gasteiger partial charge in [-0.15, -0.1) is 0 Å². The lowest BCUT2D eigenvalue weighted by molar-refractivity contribution is -0.118. The van der Waals surface area contributed by atoms with Gasteiger partial charge in [0.05, 0.1) is 18.1 Å². The van der Waals surface area contributed by atoms with E-state index in [0.29, 0.717) is 0 Å². The van der Waals surface area contributed by atoms with Crippen molar-refractivity contribution in [3.63, 3.8) is 0 Å². The summed E-state index contributed by atoms with van der Waals surface area (Å²) in [6.07, 6.45) is 3.51. The zero-order valence-corrected chi connectivity index (χ0v) is 7.60. The first kappa shape index (κ1) is 9.73. The second-order valence-corrected chi connectivity index (χ2v) is 2.88. The molecule has 13 heavy (non-hydrogen) atoms. The van der Waals surface area contributed by atoms with Crippen molar-refractivity contribution >= 4 is 5.91 Å². The normalized spacial score (nSPS) is 12.8. The lowest BCUT2D eigenvalue weighted by Crippen LogP contribution is -2.22. The molecule has 1 heterocycles. The molecule has 0 saturated carbocycles. The lowest BCUT2D eigenvalue weighted by atomic mass is 10.1. The minimum absolute atomic E-state index is 0.158. The molecule has 0 aliphatic rings. The van der Waals surface area contributed by atoms with E-state index in [4.69, 9.17) is 11.5 Å². The molecule has 0 radical (unpaired) electrons. The van der Waals surface area contributed by atoms with Gasteiger partial charge in [-0.2, -0.15) is 0 Å². The lowest BCUT2D eigenvalue weighted by Gasteiger charge is -2.11. The van der Waals surface area contributed by atoms with Crippen molar-refractivity contribution in [3.8, 4) is 0 Å². The van der Waals surface area contributed by atoms with Gasteiger partial charge in [-0.3, -0.25) is 4.79 Å². The minimum atomic E-state index is -0.392. The third-order valence-electron chi connectivity index (χ3n) is 1.89. The van der Waals surface area contributed by atoms with E-state index in [9.17, 15) is 4.79 Å². The first-order valence-corrected chi connectivity index (χ1v) is 4.19. The van der Waals surface area contributed by atoms with Crippen molar-refractivity contribution in [3.05, 3.63) is 18.2 Å². The Morgan fingerprint density at radius 2 is 2.46 bits per heavy atom. The molecule has 4 N–H and O–H groups in total. The van der Waals surface area contributed by atoms with Crippen molar-refractivity contribution in [2.24, 2.45) is 11.5 Å². The van der Waals surface area contributed by atoms with E-state index in [1.54, 1.807) is 12.5 Å². The number of hydrogen-bond donors (Lipinski definition) is 2. The predicted octanol–water partition coefficient (Wildman–Crippen LogP) is -0.222. The van der Waals surface area contributed by atoms with Gasteiger partial charge in [-0.05, 0) is 6.92 Å². The largest absolute Gasteiger partial charge is 0.370 e. The summed E-state index contributed by atoms with van der Waals surface area (Å²) < 4.78 is 1.90. The molecule has 0 aliphatic heterocycles. The highest BCUT2D eigenvalue weighted by Crippen LogP contribution is 2.12. The van der Waals surface area contributed by atoms with Crippen LogP contribution in [0.25, 0.3) is 0 Å². The van der Waals surface area contributed by atoms with Crippen molar-refractivity contribution in [1.82, 2.24) is 9.55 Å². The van der Waals surface area contributed by atoms with Crippen LogP contribution in [0.3, 0.4) is 0 Å². The Hall–Kier alpha value is -1.36. The van der Waals surface area contributed by atoms with Crippen LogP contribution in [-0.2, 0) is 11.3 Å². The summed E-state index contributed by atoms with van der Waals surface area (Å²) in [5, 5.41) is 0. The van der Waals surface area contributed by atoms with Crippen LogP contribution in [0, 0.1) is 0 Å². The van der Waals surface area contributed by atoms with Crippen LogP contribution in [0.4, 0.5) is 0 Å². The molecular formula is C8H14N4O. The molecule has 0 fully saturated rings. The highest BCUT2D eigenvalue weighted by atomic mass is 16.1. The molecule has 1 aromatic rings. The van der Waals surface area contributed by atoms with E-state index in [2.05, 4.69) is 4.98 Å². The molecular weight excluding hydrogens is 168 g/mol. The Kier molecular flexibility index (Phi) is 3.02. The van der Waals surface area contributed by atoms with E-state index in [1.807, 2.05) is 11.5 Å². The smallest absolute Gasteiger partial charge is 0.219 e. The van der Waals surface area contributed by atoms with Crippen LogP contribution in [0.2, 0.25) is 0 Å². The summed E-state index contributed by atoms with van der Waals surface area (Å²) >= 11 is 0. The maximum atomic E-state index is 10.6. The topological polar surface area (TPSA) is 86.9 Å². The third-order valence-corrected chi connectivity index (χ3v) is 1.89.